The zero-order valence-corrected chi connectivity index (χ0v) is 10.2. The molecule has 5 nitrogen and oxygen atoms in total. The Morgan fingerprint density at radius 3 is 3.11 bits per heavy atom. The number of aromatic nitrogens is 2. The van der Waals surface area contributed by atoms with Crippen LogP contribution >= 0.6 is 0 Å². The number of amides is 1. The van der Waals surface area contributed by atoms with E-state index >= 15 is 0 Å². The first-order valence-corrected chi connectivity index (χ1v) is 6.07. The van der Waals surface area contributed by atoms with Gasteiger partial charge in [0.1, 0.15) is 6.26 Å². The molecule has 2 aromatic rings. The molecule has 18 heavy (non-hydrogen) atoms. The zero-order chi connectivity index (χ0) is 12.5. The summed E-state index contributed by atoms with van der Waals surface area (Å²) in [4.78, 5) is 14.2. The monoisotopic (exact) mass is 245 g/mol. The van der Waals surface area contributed by atoms with Crippen molar-refractivity contribution in [3.8, 4) is 0 Å². The van der Waals surface area contributed by atoms with Crippen LogP contribution in [0.3, 0.4) is 0 Å². The Bertz CT molecular complexity index is 544. The molecule has 3 rings (SSSR count). The van der Waals surface area contributed by atoms with E-state index < -0.39 is 0 Å². The van der Waals surface area contributed by atoms with Gasteiger partial charge in [-0.1, -0.05) is 0 Å². The highest BCUT2D eigenvalue weighted by atomic mass is 16.3. The molecule has 3 heterocycles. The van der Waals surface area contributed by atoms with E-state index in [2.05, 4.69) is 5.10 Å². The van der Waals surface area contributed by atoms with E-state index in [0.29, 0.717) is 5.56 Å². The Labute approximate surface area is 105 Å². The highest BCUT2D eigenvalue weighted by molar-refractivity contribution is 5.94. The van der Waals surface area contributed by atoms with Gasteiger partial charge in [0.05, 0.1) is 24.1 Å². The quantitative estimate of drug-likeness (QED) is 0.813. The lowest BCUT2D eigenvalue weighted by molar-refractivity contribution is 0.0735. The fourth-order valence-electron chi connectivity index (χ4n) is 2.52. The highest BCUT2D eigenvalue weighted by Gasteiger charge is 2.31. The molecule has 0 unspecified atom stereocenters. The molecular formula is C13H15N3O2. The van der Waals surface area contributed by atoms with Crippen molar-refractivity contribution < 1.29 is 9.21 Å². The second-order valence-corrected chi connectivity index (χ2v) is 4.62. The largest absolute Gasteiger partial charge is 0.472 e. The first-order chi connectivity index (χ1) is 8.75. The van der Waals surface area contributed by atoms with Gasteiger partial charge >= 0.3 is 0 Å². The van der Waals surface area contributed by atoms with E-state index in [4.69, 9.17) is 4.42 Å². The summed E-state index contributed by atoms with van der Waals surface area (Å²) in [5, 5.41) is 4.18. The summed E-state index contributed by atoms with van der Waals surface area (Å²) in [5.74, 6) is 0.0371. The van der Waals surface area contributed by atoms with Crippen LogP contribution in [-0.4, -0.2) is 27.1 Å². The number of furan rings is 1. The van der Waals surface area contributed by atoms with Crippen LogP contribution in [0.25, 0.3) is 0 Å². The maximum absolute atomic E-state index is 12.3. The van der Waals surface area contributed by atoms with Gasteiger partial charge in [-0.05, 0) is 18.9 Å². The third-order valence-corrected chi connectivity index (χ3v) is 3.39. The summed E-state index contributed by atoms with van der Waals surface area (Å²) < 4.78 is 6.75. The van der Waals surface area contributed by atoms with Gasteiger partial charge in [-0.25, -0.2) is 0 Å². The highest BCUT2D eigenvalue weighted by Crippen LogP contribution is 2.32. The molecule has 1 atom stereocenters. The molecular weight excluding hydrogens is 230 g/mol. The van der Waals surface area contributed by atoms with Gasteiger partial charge < -0.3 is 9.32 Å². The molecule has 1 aliphatic rings. The SMILES string of the molecule is Cn1cc([C@@H]2CCCN2C(=O)c2ccoc2)cn1. The van der Waals surface area contributed by atoms with Crippen molar-refractivity contribution in [2.24, 2.45) is 7.05 Å². The Hall–Kier alpha value is -2.04. The average Bonchev–Trinajstić information content (AvgIpc) is 3.09. The van der Waals surface area contributed by atoms with E-state index in [9.17, 15) is 4.79 Å². The predicted octanol–water partition coefficient (Wildman–Crippen LogP) is 1.99. The maximum atomic E-state index is 12.3. The van der Waals surface area contributed by atoms with Crippen LogP contribution in [0, 0.1) is 0 Å². The number of likely N-dealkylation sites (tertiary alicyclic amines) is 1. The summed E-state index contributed by atoms with van der Waals surface area (Å²) >= 11 is 0. The number of carbonyl (C=O) groups is 1. The van der Waals surface area contributed by atoms with Crippen LogP contribution in [0.1, 0.15) is 34.8 Å². The average molecular weight is 245 g/mol. The topological polar surface area (TPSA) is 51.3 Å². The lowest BCUT2D eigenvalue weighted by Crippen LogP contribution is -2.30. The predicted molar refractivity (Wildman–Crippen MR) is 64.9 cm³/mol. The summed E-state index contributed by atoms with van der Waals surface area (Å²) in [6, 6.07) is 1.85. The summed E-state index contributed by atoms with van der Waals surface area (Å²) in [6.45, 7) is 0.795. The normalized spacial score (nSPS) is 19.4. The van der Waals surface area contributed by atoms with Gasteiger partial charge in [0.2, 0.25) is 0 Å². The number of aryl methyl sites for hydroxylation is 1. The summed E-state index contributed by atoms with van der Waals surface area (Å²) in [7, 11) is 1.89. The first kappa shape index (κ1) is 11.1. The molecule has 5 heteroatoms. The first-order valence-electron chi connectivity index (χ1n) is 6.07. The van der Waals surface area contributed by atoms with Gasteiger partial charge in [-0.2, -0.15) is 5.10 Å². The maximum Gasteiger partial charge on any atom is 0.257 e. The van der Waals surface area contributed by atoms with Crippen LogP contribution in [0.4, 0.5) is 0 Å². The Morgan fingerprint density at radius 2 is 2.44 bits per heavy atom. The fourth-order valence-corrected chi connectivity index (χ4v) is 2.52. The van der Waals surface area contributed by atoms with E-state index in [1.54, 1.807) is 10.7 Å². The minimum absolute atomic E-state index is 0.0371. The van der Waals surface area contributed by atoms with Crippen molar-refractivity contribution in [1.82, 2.24) is 14.7 Å². The van der Waals surface area contributed by atoms with Crippen molar-refractivity contribution in [1.29, 1.82) is 0 Å². The number of rotatable bonds is 2. The molecule has 0 bridgehead atoms. The van der Waals surface area contributed by atoms with Gasteiger partial charge in [0.25, 0.3) is 5.91 Å². The molecule has 0 radical (unpaired) electrons. The number of carbonyl (C=O) groups excluding carboxylic acids is 1. The van der Waals surface area contributed by atoms with E-state index in [1.165, 1.54) is 12.5 Å². The Balaban J connectivity index is 1.85. The smallest absolute Gasteiger partial charge is 0.257 e. The van der Waals surface area contributed by atoms with Crippen molar-refractivity contribution >= 4 is 5.91 Å². The zero-order valence-electron chi connectivity index (χ0n) is 10.2. The second kappa shape index (κ2) is 4.33. The molecule has 2 aromatic heterocycles. The standard InChI is InChI=1S/C13H15N3O2/c1-15-8-11(7-14-15)12-3-2-5-16(12)13(17)10-4-6-18-9-10/h4,6-9,12H,2-3,5H2,1H3/t12-/m0/s1. The van der Waals surface area contributed by atoms with Gasteiger partial charge in [-0.15, -0.1) is 0 Å². The molecule has 1 fully saturated rings. The molecule has 1 saturated heterocycles. The van der Waals surface area contributed by atoms with E-state index in [0.717, 1.165) is 24.9 Å². The lowest BCUT2D eigenvalue weighted by Gasteiger charge is -2.23. The molecule has 0 spiro atoms. The summed E-state index contributed by atoms with van der Waals surface area (Å²) in [5.41, 5.74) is 1.72. The fraction of sp³-hybridized carbons (Fsp3) is 0.385. The van der Waals surface area contributed by atoms with Gasteiger partial charge in [-0.3, -0.25) is 9.48 Å². The Morgan fingerprint density at radius 1 is 1.56 bits per heavy atom. The lowest BCUT2D eigenvalue weighted by atomic mass is 10.1. The summed E-state index contributed by atoms with van der Waals surface area (Å²) in [6.07, 6.45) is 8.87. The molecule has 0 saturated carbocycles. The van der Waals surface area contributed by atoms with Crippen molar-refractivity contribution in [2.45, 2.75) is 18.9 Å². The van der Waals surface area contributed by atoms with Gasteiger partial charge in [0.15, 0.2) is 0 Å². The minimum atomic E-state index is 0.0371. The number of hydrogen-bond acceptors (Lipinski definition) is 3. The number of hydrogen-bond donors (Lipinski definition) is 0. The molecule has 0 aliphatic carbocycles. The van der Waals surface area contributed by atoms with Gasteiger partial charge in [0, 0.05) is 25.4 Å². The molecule has 0 N–H and O–H groups in total. The van der Waals surface area contributed by atoms with Crippen LogP contribution in [-0.2, 0) is 7.05 Å². The van der Waals surface area contributed by atoms with E-state index in [-0.39, 0.29) is 11.9 Å². The molecule has 94 valence electrons. The molecule has 1 aliphatic heterocycles. The minimum Gasteiger partial charge on any atom is -0.472 e. The van der Waals surface area contributed by atoms with Crippen LogP contribution in [0.5, 0.6) is 0 Å². The number of nitrogens with zero attached hydrogens (tertiary/aromatic N) is 3. The molecule has 0 aromatic carbocycles. The Kier molecular flexibility index (Phi) is 2.66. The van der Waals surface area contributed by atoms with Crippen LogP contribution in [0.15, 0.2) is 35.4 Å². The van der Waals surface area contributed by atoms with E-state index in [1.807, 2.05) is 24.3 Å². The van der Waals surface area contributed by atoms with Crippen LogP contribution in [0.2, 0.25) is 0 Å². The third kappa shape index (κ3) is 1.81. The van der Waals surface area contributed by atoms with Crippen molar-refractivity contribution in [3.63, 3.8) is 0 Å². The second-order valence-electron chi connectivity index (χ2n) is 4.62. The third-order valence-electron chi connectivity index (χ3n) is 3.39. The molecule has 1 amide bonds. The van der Waals surface area contributed by atoms with Crippen molar-refractivity contribution in [2.75, 3.05) is 6.54 Å². The van der Waals surface area contributed by atoms with Crippen LogP contribution < -0.4 is 0 Å². The van der Waals surface area contributed by atoms with Crippen molar-refractivity contribution in [3.05, 3.63) is 42.1 Å².